The molecular weight excluding hydrogens is 316 g/mol. The van der Waals surface area contributed by atoms with Gasteiger partial charge in [-0.2, -0.15) is 0 Å². The zero-order chi connectivity index (χ0) is 16.5. The van der Waals surface area contributed by atoms with Gasteiger partial charge in [0, 0.05) is 11.4 Å². The molecule has 1 aromatic rings. The largest absolute Gasteiger partial charge is 0.510 e. The van der Waals surface area contributed by atoms with Gasteiger partial charge < -0.3 is 14.2 Å². The minimum Gasteiger partial charge on any atom is -0.435 e. The summed E-state index contributed by atoms with van der Waals surface area (Å²) in [6.07, 6.45) is 6.91. The molecule has 0 aliphatic carbocycles. The molecule has 1 aliphatic rings. The van der Waals surface area contributed by atoms with Crippen LogP contribution in [0.4, 0.5) is 4.79 Å². The van der Waals surface area contributed by atoms with Gasteiger partial charge in [0.2, 0.25) is 5.79 Å². The number of hydrogen-bond acceptors (Lipinski definition) is 4. The maximum Gasteiger partial charge on any atom is 0.510 e. The Morgan fingerprint density at radius 1 is 1.17 bits per heavy atom. The van der Waals surface area contributed by atoms with Crippen LogP contribution in [0.1, 0.15) is 51.0 Å². The van der Waals surface area contributed by atoms with Gasteiger partial charge in [0.15, 0.2) is 0 Å². The summed E-state index contributed by atoms with van der Waals surface area (Å²) >= 11 is 5.87. The van der Waals surface area contributed by atoms with E-state index in [1.807, 2.05) is 12.1 Å². The predicted molar refractivity (Wildman–Crippen MR) is 89.6 cm³/mol. The highest BCUT2D eigenvalue weighted by Crippen LogP contribution is 2.34. The first-order valence-electron chi connectivity index (χ1n) is 8.38. The molecule has 0 aromatic heterocycles. The SMILES string of the molecule is CCOC(=O)OC1(CCCCCCCc2ccc(Cl)cc2)CO1. The number of ether oxygens (including phenoxy) is 3. The number of carbonyl (C=O) groups excluding carboxylic acids is 1. The van der Waals surface area contributed by atoms with Crippen molar-refractivity contribution < 1.29 is 19.0 Å². The Morgan fingerprint density at radius 2 is 1.83 bits per heavy atom. The molecule has 0 radical (unpaired) electrons. The number of carbonyl (C=O) groups is 1. The Hall–Kier alpha value is -1.26. The van der Waals surface area contributed by atoms with Gasteiger partial charge in [-0.3, -0.25) is 0 Å². The summed E-state index contributed by atoms with van der Waals surface area (Å²) in [6, 6.07) is 8.05. The Labute approximate surface area is 143 Å². The fraction of sp³-hybridized carbons (Fsp3) is 0.611. The molecule has 0 amide bonds. The first-order chi connectivity index (χ1) is 11.1. The molecule has 1 saturated heterocycles. The van der Waals surface area contributed by atoms with Crippen molar-refractivity contribution in [2.24, 2.45) is 0 Å². The van der Waals surface area contributed by atoms with E-state index in [2.05, 4.69) is 12.1 Å². The van der Waals surface area contributed by atoms with Crippen molar-refractivity contribution in [2.45, 2.75) is 57.7 Å². The Bertz CT molecular complexity index is 482. The van der Waals surface area contributed by atoms with Crippen LogP contribution in [0.2, 0.25) is 5.02 Å². The molecule has 23 heavy (non-hydrogen) atoms. The molecule has 1 aromatic carbocycles. The lowest BCUT2D eigenvalue weighted by molar-refractivity contribution is -0.0381. The van der Waals surface area contributed by atoms with E-state index in [1.165, 1.54) is 24.8 Å². The number of aryl methyl sites for hydroxylation is 1. The normalized spacial score (nSPS) is 19.4. The quantitative estimate of drug-likeness (QED) is 0.337. The van der Waals surface area contributed by atoms with Gasteiger partial charge in [-0.25, -0.2) is 4.79 Å². The highest BCUT2D eigenvalue weighted by molar-refractivity contribution is 6.30. The fourth-order valence-corrected chi connectivity index (χ4v) is 2.66. The van der Waals surface area contributed by atoms with E-state index in [0.29, 0.717) is 13.2 Å². The summed E-state index contributed by atoms with van der Waals surface area (Å²) < 4.78 is 15.2. The molecule has 0 saturated carbocycles. The second-order valence-corrected chi connectivity index (χ2v) is 6.32. The lowest BCUT2D eigenvalue weighted by atomic mass is 10.0. The predicted octanol–water partition coefficient (Wildman–Crippen LogP) is 5.12. The molecule has 1 unspecified atom stereocenters. The number of halogens is 1. The van der Waals surface area contributed by atoms with E-state index in [0.717, 1.165) is 30.7 Å². The van der Waals surface area contributed by atoms with Gasteiger partial charge in [0.1, 0.15) is 6.61 Å². The third kappa shape index (κ3) is 6.80. The van der Waals surface area contributed by atoms with Gasteiger partial charge >= 0.3 is 6.16 Å². The van der Waals surface area contributed by atoms with Crippen LogP contribution in [0.3, 0.4) is 0 Å². The zero-order valence-corrected chi connectivity index (χ0v) is 14.4. The van der Waals surface area contributed by atoms with Crippen LogP contribution in [-0.2, 0) is 20.6 Å². The topological polar surface area (TPSA) is 48.1 Å². The average molecular weight is 341 g/mol. The Morgan fingerprint density at radius 3 is 2.48 bits per heavy atom. The van der Waals surface area contributed by atoms with Crippen molar-refractivity contribution in [3.63, 3.8) is 0 Å². The summed E-state index contributed by atoms with van der Waals surface area (Å²) in [6.45, 7) is 2.57. The van der Waals surface area contributed by atoms with E-state index in [-0.39, 0.29) is 0 Å². The van der Waals surface area contributed by atoms with Crippen molar-refractivity contribution in [1.29, 1.82) is 0 Å². The van der Waals surface area contributed by atoms with E-state index < -0.39 is 11.9 Å². The van der Waals surface area contributed by atoms with E-state index in [9.17, 15) is 4.79 Å². The molecule has 0 bridgehead atoms. The highest BCUT2D eigenvalue weighted by atomic mass is 35.5. The van der Waals surface area contributed by atoms with Crippen LogP contribution in [0.25, 0.3) is 0 Å². The number of hydrogen-bond donors (Lipinski definition) is 0. The maximum atomic E-state index is 11.3. The summed E-state index contributed by atoms with van der Waals surface area (Å²) in [7, 11) is 0. The molecule has 2 rings (SSSR count). The molecule has 1 fully saturated rings. The Balaban J connectivity index is 1.49. The van der Waals surface area contributed by atoms with E-state index in [4.69, 9.17) is 25.8 Å². The number of epoxide rings is 1. The third-order valence-corrected chi connectivity index (χ3v) is 4.19. The van der Waals surface area contributed by atoms with Gasteiger partial charge in [-0.05, 0) is 43.9 Å². The molecule has 1 heterocycles. The van der Waals surface area contributed by atoms with Crippen molar-refractivity contribution >= 4 is 17.8 Å². The maximum absolute atomic E-state index is 11.3. The van der Waals surface area contributed by atoms with E-state index in [1.54, 1.807) is 6.92 Å². The van der Waals surface area contributed by atoms with Crippen LogP contribution < -0.4 is 0 Å². The molecule has 1 atom stereocenters. The minimum atomic E-state index is -0.699. The van der Waals surface area contributed by atoms with Crippen LogP contribution in [0, 0.1) is 0 Å². The van der Waals surface area contributed by atoms with E-state index >= 15 is 0 Å². The summed E-state index contributed by atoms with van der Waals surface area (Å²) in [5.41, 5.74) is 1.34. The number of rotatable bonds is 10. The van der Waals surface area contributed by atoms with Crippen molar-refractivity contribution in [3.8, 4) is 0 Å². The van der Waals surface area contributed by atoms with Crippen molar-refractivity contribution in [3.05, 3.63) is 34.9 Å². The molecule has 0 spiro atoms. The monoisotopic (exact) mass is 340 g/mol. The van der Waals surface area contributed by atoms with Crippen molar-refractivity contribution in [2.75, 3.05) is 13.2 Å². The second kappa shape index (κ2) is 9.14. The van der Waals surface area contributed by atoms with Crippen LogP contribution in [0.5, 0.6) is 0 Å². The van der Waals surface area contributed by atoms with Gasteiger partial charge in [0.25, 0.3) is 0 Å². The standard InChI is InChI=1S/C18H25ClO4/c1-2-21-17(20)23-18(14-22-18)13-7-5-3-4-6-8-15-9-11-16(19)12-10-15/h9-12H,2-8,13-14H2,1H3. The summed E-state index contributed by atoms with van der Waals surface area (Å²) in [5, 5.41) is 0.787. The molecule has 1 aliphatic heterocycles. The fourth-order valence-electron chi connectivity index (χ4n) is 2.54. The van der Waals surface area contributed by atoms with Crippen LogP contribution in [-0.4, -0.2) is 25.2 Å². The molecule has 4 nitrogen and oxygen atoms in total. The zero-order valence-electron chi connectivity index (χ0n) is 13.7. The lowest BCUT2D eigenvalue weighted by Gasteiger charge is -2.12. The Kier molecular flexibility index (Phi) is 7.18. The summed E-state index contributed by atoms with van der Waals surface area (Å²) in [5.74, 6) is -0.699. The van der Waals surface area contributed by atoms with Gasteiger partial charge in [-0.15, -0.1) is 0 Å². The second-order valence-electron chi connectivity index (χ2n) is 5.88. The van der Waals surface area contributed by atoms with Crippen molar-refractivity contribution in [1.82, 2.24) is 0 Å². The van der Waals surface area contributed by atoms with Crippen LogP contribution >= 0.6 is 11.6 Å². The summed E-state index contributed by atoms with van der Waals surface area (Å²) in [4.78, 5) is 11.3. The van der Waals surface area contributed by atoms with Gasteiger partial charge in [0.05, 0.1) is 6.61 Å². The number of benzene rings is 1. The molecule has 5 heteroatoms. The average Bonchev–Trinajstić information content (AvgIpc) is 3.28. The third-order valence-electron chi connectivity index (χ3n) is 3.93. The smallest absolute Gasteiger partial charge is 0.435 e. The first kappa shape index (κ1) is 18.1. The molecule has 0 N–H and O–H groups in total. The van der Waals surface area contributed by atoms with Crippen LogP contribution in [0.15, 0.2) is 24.3 Å². The highest BCUT2D eigenvalue weighted by Gasteiger charge is 2.49. The minimum absolute atomic E-state index is 0.322. The van der Waals surface area contributed by atoms with Gasteiger partial charge in [-0.1, -0.05) is 43.0 Å². The first-order valence-corrected chi connectivity index (χ1v) is 8.75. The number of unbranched alkanes of at least 4 members (excludes halogenated alkanes) is 4. The molecule has 128 valence electrons. The lowest BCUT2D eigenvalue weighted by Crippen LogP contribution is -2.22. The molecular formula is C18H25ClO4.